The lowest BCUT2D eigenvalue weighted by Gasteiger charge is -2.14. The van der Waals surface area contributed by atoms with Crippen LogP contribution in [0.5, 0.6) is 0 Å². The van der Waals surface area contributed by atoms with Crippen molar-refractivity contribution >= 4 is 22.6 Å². The van der Waals surface area contributed by atoms with Gasteiger partial charge in [-0.1, -0.05) is 23.7 Å². The van der Waals surface area contributed by atoms with Gasteiger partial charge in [0.1, 0.15) is 11.9 Å². The lowest BCUT2D eigenvalue weighted by molar-refractivity contribution is -0.137. The normalized spacial score (nSPS) is 13.3. The monoisotopic (exact) mass is 397 g/mol. The van der Waals surface area contributed by atoms with E-state index >= 15 is 0 Å². The van der Waals surface area contributed by atoms with E-state index in [0.717, 1.165) is 23.7 Å². The Morgan fingerprint density at radius 1 is 1.22 bits per heavy atom. The second kappa shape index (κ2) is 7.50. The van der Waals surface area contributed by atoms with Crippen LogP contribution in [-0.2, 0) is 17.3 Å². The molecule has 0 bridgehead atoms. The van der Waals surface area contributed by atoms with E-state index in [1.54, 1.807) is 11.5 Å². The minimum atomic E-state index is -4.55. The molecule has 1 heterocycles. The number of methoxy groups -OCH3 is 1. The van der Waals surface area contributed by atoms with Gasteiger partial charge in [0.05, 0.1) is 21.6 Å². The van der Waals surface area contributed by atoms with Crippen molar-refractivity contribution in [3.8, 4) is 5.69 Å². The fraction of sp³-hybridized carbons (Fsp3) is 0.316. The predicted molar refractivity (Wildman–Crippen MR) is 99.3 cm³/mol. The maximum absolute atomic E-state index is 13.2. The topological polar surface area (TPSA) is 53.1 Å². The number of rotatable bonds is 5. The third kappa shape index (κ3) is 3.81. The van der Waals surface area contributed by atoms with Crippen LogP contribution in [0.4, 0.5) is 13.2 Å². The maximum atomic E-state index is 13.2. The molecule has 1 unspecified atom stereocenters. The fourth-order valence-electron chi connectivity index (χ4n) is 2.96. The maximum Gasteiger partial charge on any atom is 0.417 e. The molecule has 2 aromatic carbocycles. The molecular weight excluding hydrogens is 379 g/mol. The molecule has 3 aromatic rings. The van der Waals surface area contributed by atoms with Crippen LogP contribution in [0.15, 0.2) is 36.4 Å². The van der Waals surface area contributed by atoms with Crippen LogP contribution >= 0.6 is 11.6 Å². The molecule has 0 aliphatic rings. The molecule has 0 saturated heterocycles. The molecule has 0 fully saturated rings. The largest absolute Gasteiger partial charge is 0.417 e. The SMILES string of the molecule is COC(C)c1nc2cc(C(F)(F)F)c(Cl)cc2n1-c1ccc(CCN)cc1. The second-order valence-electron chi connectivity index (χ2n) is 6.21. The molecule has 2 N–H and O–H groups in total. The van der Waals surface area contributed by atoms with Gasteiger partial charge in [-0.05, 0) is 49.7 Å². The lowest BCUT2D eigenvalue weighted by atomic mass is 10.1. The van der Waals surface area contributed by atoms with Gasteiger partial charge in [0.15, 0.2) is 0 Å². The highest BCUT2D eigenvalue weighted by Gasteiger charge is 2.34. The number of hydrogen-bond donors (Lipinski definition) is 1. The Hall–Kier alpha value is -2.09. The van der Waals surface area contributed by atoms with Gasteiger partial charge in [-0.2, -0.15) is 13.2 Å². The number of nitrogens with zero attached hydrogens (tertiary/aromatic N) is 2. The van der Waals surface area contributed by atoms with E-state index in [9.17, 15) is 13.2 Å². The Labute approximate surface area is 159 Å². The van der Waals surface area contributed by atoms with Crippen molar-refractivity contribution in [3.05, 3.63) is 58.4 Å². The molecule has 3 rings (SSSR count). The summed E-state index contributed by atoms with van der Waals surface area (Å²) >= 11 is 5.93. The molecule has 0 radical (unpaired) electrons. The number of benzene rings is 2. The molecule has 0 saturated carbocycles. The molecule has 0 aliphatic heterocycles. The van der Waals surface area contributed by atoms with Gasteiger partial charge in [0.2, 0.25) is 0 Å². The Balaban J connectivity index is 2.24. The molecule has 27 heavy (non-hydrogen) atoms. The first-order valence-corrected chi connectivity index (χ1v) is 8.75. The molecule has 8 heteroatoms. The first-order chi connectivity index (χ1) is 12.8. The number of alkyl halides is 3. The molecule has 144 valence electrons. The summed E-state index contributed by atoms with van der Waals surface area (Å²) in [6.45, 7) is 2.32. The van der Waals surface area contributed by atoms with E-state index in [1.165, 1.54) is 13.2 Å². The van der Waals surface area contributed by atoms with Crippen molar-refractivity contribution in [2.45, 2.75) is 25.6 Å². The molecule has 0 amide bonds. The summed E-state index contributed by atoms with van der Waals surface area (Å²) in [4.78, 5) is 4.39. The Morgan fingerprint density at radius 3 is 2.44 bits per heavy atom. The molecular formula is C19H19ClF3N3O. The van der Waals surface area contributed by atoms with Gasteiger partial charge >= 0.3 is 6.18 Å². The standard InChI is InChI=1S/C19H19ClF3N3O/c1-11(27-2)18-25-16-9-14(19(21,22)23)15(20)10-17(16)26(18)13-5-3-12(4-6-13)7-8-24/h3-6,9-11H,7-8,24H2,1-2H3. The molecule has 0 aliphatic carbocycles. The van der Waals surface area contributed by atoms with E-state index in [1.807, 2.05) is 24.3 Å². The van der Waals surface area contributed by atoms with Crippen molar-refractivity contribution in [3.63, 3.8) is 0 Å². The summed E-state index contributed by atoms with van der Waals surface area (Å²) in [5.41, 5.74) is 7.19. The number of hydrogen-bond acceptors (Lipinski definition) is 3. The van der Waals surface area contributed by atoms with Gasteiger partial charge in [0.25, 0.3) is 0 Å². The number of aromatic nitrogens is 2. The van der Waals surface area contributed by atoms with Gasteiger partial charge in [-0.3, -0.25) is 4.57 Å². The minimum Gasteiger partial charge on any atom is -0.374 e. The lowest BCUT2D eigenvalue weighted by Crippen LogP contribution is -2.08. The second-order valence-corrected chi connectivity index (χ2v) is 6.61. The summed E-state index contributed by atoms with van der Waals surface area (Å²) < 4.78 is 46.7. The average molecular weight is 398 g/mol. The highest BCUT2D eigenvalue weighted by Crippen LogP contribution is 2.38. The predicted octanol–water partition coefficient (Wildman–Crippen LogP) is 4.91. The van der Waals surface area contributed by atoms with Crippen molar-refractivity contribution in [1.29, 1.82) is 0 Å². The number of imidazole rings is 1. The zero-order chi connectivity index (χ0) is 19.8. The Morgan fingerprint density at radius 2 is 1.89 bits per heavy atom. The highest BCUT2D eigenvalue weighted by atomic mass is 35.5. The van der Waals surface area contributed by atoms with Crippen LogP contribution < -0.4 is 5.73 Å². The van der Waals surface area contributed by atoms with Crippen LogP contribution in [0.3, 0.4) is 0 Å². The third-order valence-corrected chi connectivity index (χ3v) is 4.73. The quantitative estimate of drug-likeness (QED) is 0.665. The summed E-state index contributed by atoms with van der Waals surface area (Å²) in [5.74, 6) is 0.495. The van der Waals surface area contributed by atoms with Crippen LogP contribution in [0.25, 0.3) is 16.7 Å². The molecule has 0 spiro atoms. The zero-order valence-corrected chi connectivity index (χ0v) is 15.6. The van der Waals surface area contributed by atoms with E-state index in [4.69, 9.17) is 22.1 Å². The van der Waals surface area contributed by atoms with Crippen molar-refractivity contribution in [2.24, 2.45) is 5.73 Å². The van der Waals surface area contributed by atoms with Gasteiger partial charge in [-0.15, -0.1) is 0 Å². The molecule has 1 aromatic heterocycles. The van der Waals surface area contributed by atoms with E-state index in [-0.39, 0.29) is 10.5 Å². The summed E-state index contributed by atoms with van der Waals surface area (Å²) in [7, 11) is 1.52. The average Bonchev–Trinajstić information content (AvgIpc) is 2.99. The van der Waals surface area contributed by atoms with Gasteiger partial charge in [-0.25, -0.2) is 4.98 Å². The van der Waals surface area contributed by atoms with Crippen LogP contribution in [0.1, 0.15) is 30.0 Å². The first-order valence-electron chi connectivity index (χ1n) is 8.37. The van der Waals surface area contributed by atoms with E-state index in [0.29, 0.717) is 17.9 Å². The Kier molecular flexibility index (Phi) is 5.46. The number of ether oxygens (including phenoxy) is 1. The van der Waals surface area contributed by atoms with Crippen molar-refractivity contribution < 1.29 is 17.9 Å². The number of fused-ring (bicyclic) bond motifs is 1. The summed E-state index contributed by atoms with van der Waals surface area (Å²) in [6.07, 6.45) is -4.23. The van der Waals surface area contributed by atoms with Gasteiger partial charge < -0.3 is 10.5 Å². The zero-order valence-electron chi connectivity index (χ0n) is 14.8. The third-order valence-electron chi connectivity index (χ3n) is 4.42. The van der Waals surface area contributed by atoms with Crippen LogP contribution in [-0.4, -0.2) is 23.2 Å². The van der Waals surface area contributed by atoms with Crippen LogP contribution in [0, 0.1) is 0 Å². The number of halogens is 4. The fourth-order valence-corrected chi connectivity index (χ4v) is 3.23. The van der Waals surface area contributed by atoms with Gasteiger partial charge in [0, 0.05) is 12.8 Å². The van der Waals surface area contributed by atoms with Crippen molar-refractivity contribution in [2.75, 3.05) is 13.7 Å². The first kappa shape index (κ1) is 19.7. The van der Waals surface area contributed by atoms with E-state index < -0.39 is 17.8 Å². The molecule has 1 atom stereocenters. The van der Waals surface area contributed by atoms with Crippen LogP contribution in [0.2, 0.25) is 5.02 Å². The number of nitrogens with two attached hydrogens (primary N) is 1. The summed E-state index contributed by atoms with van der Waals surface area (Å²) in [6, 6.07) is 9.89. The smallest absolute Gasteiger partial charge is 0.374 e. The van der Waals surface area contributed by atoms with E-state index in [2.05, 4.69) is 4.98 Å². The Bertz CT molecular complexity index is 951. The highest BCUT2D eigenvalue weighted by molar-refractivity contribution is 6.32. The van der Waals surface area contributed by atoms with Crippen molar-refractivity contribution in [1.82, 2.24) is 9.55 Å². The minimum absolute atomic E-state index is 0.205. The molecule has 4 nitrogen and oxygen atoms in total. The summed E-state index contributed by atoms with van der Waals surface area (Å²) in [5, 5.41) is -0.368.